The Balaban J connectivity index is 2.10. The Labute approximate surface area is 187 Å². The lowest BCUT2D eigenvalue weighted by Crippen LogP contribution is -2.33. The fraction of sp³-hybridized carbons (Fsp3) is 0.381. The van der Waals surface area contributed by atoms with Gasteiger partial charge in [-0.2, -0.15) is 0 Å². The van der Waals surface area contributed by atoms with E-state index in [1.165, 1.54) is 19.2 Å². The molecule has 2 aromatic rings. The van der Waals surface area contributed by atoms with E-state index in [-0.39, 0.29) is 48.5 Å². The molecule has 32 heavy (non-hydrogen) atoms. The number of nitro benzene ring substituents is 1. The molecule has 0 radical (unpaired) electrons. The zero-order valence-corrected chi connectivity index (χ0v) is 19.2. The lowest BCUT2D eigenvalue weighted by Gasteiger charge is -2.24. The molecule has 11 heteroatoms. The van der Waals surface area contributed by atoms with Crippen LogP contribution in [0.5, 0.6) is 11.5 Å². The van der Waals surface area contributed by atoms with Gasteiger partial charge in [-0.15, -0.1) is 0 Å². The maximum atomic E-state index is 12.4. The summed E-state index contributed by atoms with van der Waals surface area (Å²) in [6, 6.07) is 10.7. The van der Waals surface area contributed by atoms with Gasteiger partial charge in [-0.1, -0.05) is 18.2 Å². The molecule has 2 aromatic carbocycles. The van der Waals surface area contributed by atoms with E-state index in [9.17, 15) is 23.3 Å². The minimum absolute atomic E-state index is 0.0481. The summed E-state index contributed by atoms with van der Waals surface area (Å²) in [7, 11) is -0.888. The zero-order valence-electron chi connectivity index (χ0n) is 18.4. The number of nitro groups is 1. The van der Waals surface area contributed by atoms with Gasteiger partial charge in [0.25, 0.3) is 5.69 Å². The molecule has 0 aliphatic heterocycles. The second kappa shape index (κ2) is 10.8. The van der Waals surface area contributed by atoms with E-state index in [0.29, 0.717) is 5.75 Å². The van der Waals surface area contributed by atoms with Gasteiger partial charge in [0.05, 0.1) is 31.4 Å². The standard InChI is InChI=1S/C21H27N3O7S/c1-15(17-8-5-6-9-19(17)30-2)22-21(25)10-7-13-23(32(4,28)29)18-14-16(24(26)27)11-12-20(18)31-3/h5-6,8-9,11-12,14-15H,7,10,13H2,1-4H3,(H,22,25)/t15-/m1/s1. The Bertz CT molecular complexity index is 1070. The number of para-hydroxylation sites is 1. The summed E-state index contributed by atoms with van der Waals surface area (Å²) in [5.41, 5.74) is 0.604. The van der Waals surface area contributed by atoms with Gasteiger partial charge in [-0.3, -0.25) is 19.2 Å². The van der Waals surface area contributed by atoms with Gasteiger partial charge in [0.2, 0.25) is 15.9 Å². The molecule has 0 aromatic heterocycles. The number of nitrogens with one attached hydrogen (secondary N) is 1. The minimum atomic E-state index is -3.78. The van der Waals surface area contributed by atoms with Gasteiger partial charge in [0.1, 0.15) is 17.2 Å². The maximum Gasteiger partial charge on any atom is 0.271 e. The van der Waals surface area contributed by atoms with E-state index in [1.807, 2.05) is 25.1 Å². The highest BCUT2D eigenvalue weighted by atomic mass is 32.2. The zero-order chi connectivity index (χ0) is 23.9. The first-order chi connectivity index (χ1) is 15.1. The summed E-state index contributed by atoms with van der Waals surface area (Å²) >= 11 is 0. The fourth-order valence-corrected chi connectivity index (χ4v) is 4.21. The van der Waals surface area contributed by atoms with E-state index in [1.54, 1.807) is 13.2 Å². The number of hydrogen-bond acceptors (Lipinski definition) is 7. The number of sulfonamides is 1. The number of benzene rings is 2. The first kappa shape index (κ1) is 24.9. The number of nitrogens with zero attached hydrogens (tertiary/aromatic N) is 2. The van der Waals surface area contributed by atoms with Gasteiger partial charge in [0, 0.05) is 30.7 Å². The van der Waals surface area contributed by atoms with Crippen molar-refractivity contribution in [2.45, 2.75) is 25.8 Å². The SMILES string of the molecule is COc1ccccc1[C@@H](C)NC(=O)CCCN(c1cc([N+](=O)[O-])ccc1OC)S(C)(=O)=O. The largest absolute Gasteiger partial charge is 0.496 e. The Kier molecular flexibility index (Phi) is 8.41. The molecule has 0 aliphatic rings. The predicted octanol–water partition coefficient (Wildman–Crippen LogP) is 3.04. The highest BCUT2D eigenvalue weighted by Crippen LogP contribution is 2.34. The normalized spacial score (nSPS) is 12.0. The molecule has 10 nitrogen and oxygen atoms in total. The Hall–Kier alpha value is -3.34. The molecular formula is C21H27N3O7S. The van der Waals surface area contributed by atoms with E-state index in [0.717, 1.165) is 22.2 Å². The van der Waals surface area contributed by atoms with E-state index >= 15 is 0 Å². The number of ether oxygens (including phenoxy) is 2. The molecular weight excluding hydrogens is 438 g/mol. The summed E-state index contributed by atoms with van der Waals surface area (Å²) in [5, 5.41) is 14.0. The van der Waals surface area contributed by atoms with Gasteiger partial charge in [-0.25, -0.2) is 8.42 Å². The van der Waals surface area contributed by atoms with Gasteiger partial charge in [-0.05, 0) is 25.5 Å². The average molecular weight is 466 g/mol. The molecule has 0 bridgehead atoms. The number of amides is 1. The van der Waals surface area contributed by atoms with Crippen LogP contribution in [0, 0.1) is 10.1 Å². The topological polar surface area (TPSA) is 128 Å². The van der Waals surface area contributed by atoms with Crippen molar-refractivity contribution < 1.29 is 27.6 Å². The Morgan fingerprint density at radius 2 is 1.81 bits per heavy atom. The smallest absolute Gasteiger partial charge is 0.271 e. The van der Waals surface area contributed by atoms with Gasteiger partial charge >= 0.3 is 0 Å². The molecule has 1 N–H and O–H groups in total. The van der Waals surface area contributed by atoms with Gasteiger partial charge < -0.3 is 14.8 Å². The van der Waals surface area contributed by atoms with E-state index in [4.69, 9.17) is 9.47 Å². The molecule has 174 valence electrons. The van der Waals surface area contributed by atoms with Crippen LogP contribution in [0.25, 0.3) is 0 Å². The van der Waals surface area contributed by atoms with Crippen molar-refractivity contribution in [2.75, 3.05) is 31.3 Å². The van der Waals surface area contributed by atoms with Crippen LogP contribution in [0.3, 0.4) is 0 Å². The van der Waals surface area contributed by atoms with Crippen molar-refractivity contribution in [3.05, 3.63) is 58.1 Å². The van der Waals surface area contributed by atoms with Crippen LogP contribution in [0.2, 0.25) is 0 Å². The molecule has 0 fully saturated rings. The lowest BCUT2D eigenvalue weighted by atomic mass is 10.1. The number of carbonyl (C=O) groups excluding carboxylic acids is 1. The third-order valence-corrected chi connectivity index (χ3v) is 5.97. The van der Waals surface area contributed by atoms with Crippen LogP contribution in [0.1, 0.15) is 31.4 Å². The molecule has 1 atom stereocenters. The van der Waals surface area contributed by atoms with E-state index in [2.05, 4.69) is 5.32 Å². The monoisotopic (exact) mass is 465 g/mol. The summed E-state index contributed by atoms with van der Waals surface area (Å²) in [5.74, 6) is 0.569. The predicted molar refractivity (Wildman–Crippen MR) is 121 cm³/mol. The van der Waals surface area contributed by atoms with Crippen LogP contribution in [0.4, 0.5) is 11.4 Å². The highest BCUT2D eigenvalue weighted by molar-refractivity contribution is 7.92. The van der Waals surface area contributed by atoms with Crippen molar-refractivity contribution >= 4 is 27.3 Å². The van der Waals surface area contributed by atoms with Crippen molar-refractivity contribution in [2.24, 2.45) is 0 Å². The lowest BCUT2D eigenvalue weighted by molar-refractivity contribution is -0.384. The number of methoxy groups -OCH3 is 2. The quantitative estimate of drug-likeness (QED) is 0.399. The molecule has 0 saturated heterocycles. The number of rotatable bonds is 11. The third kappa shape index (κ3) is 6.33. The average Bonchev–Trinajstić information content (AvgIpc) is 2.75. The molecule has 2 rings (SSSR count). The molecule has 0 aliphatic carbocycles. The second-order valence-electron chi connectivity index (χ2n) is 7.08. The van der Waals surface area contributed by atoms with Crippen LogP contribution >= 0.6 is 0 Å². The van der Waals surface area contributed by atoms with Crippen molar-refractivity contribution in [1.82, 2.24) is 5.32 Å². The Morgan fingerprint density at radius 3 is 2.41 bits per heavy atom. The number of hydrogen-bond donors (Lipinski definition) is 1. The van der Waals surface area contributed by atoms with Gasteiger partial charge in [0.15, 0.2) is 0 Å². The Morgan fingerprint density at radius 1 is 1.16 bits per heavy atom. The molecule has 0 unspecified atom stereocenters. The number of non-ortho nitro benzene ring substituents is 1. The van der Waals surface area contributed by atoms with Crippen molar-refractivity contribution in [3.63, 3.8) is 0 Å². The maximum absolute atomic E-state index is 12.4. The van der Waals surface area contributed by atoms with Crippen molar-refractivity contribution in [3.8, 4) is 11.5 Å². The third-order valence-electron chi connectivity index (χ3n) is 4.79. The first-order valence-corrected chi connectivity index (χ1v) is 11.7. The van der Waals surface area contributed by atoms with E-state index < -0.39 is 14.9 Å². The summed E-state index contributed by atoms with van der Waals surface area (Å²) in [6.07, 6.45) is 1.25. The van der Waals surface area contributed by atoms with Crippen molar-refractivity contribution in [1.29, 1.82) is 0 Å². The fourth-order valence-electron chi connectivity index (χ4n) is 3.25. The summed E-state index contributed by atoms with van der Waals surface area (Å²) in [4.78, 5) is 22.9. The summed E-state index contributed by atoms with van der Waals surface area (Å²) in [6.45, 7) is 1.78. The summed E-state index contributed by atoms with van der Waals surface area (Å²) < 4.78 is 36.3. The van der Waals surface area contributed by atoms with Crippen LogP contribution in [0.15, 0.2) is 42.5 Å². The van der Waals surface area contributed by atoms with Crippen LogP contribution in [-0.4, -0.2) is 46.3 Å². The van der Waals surface area contributed by atoms with Crippen LogP contribution < -0.4 is 19.1 Å². The molecule has 0 spiro atoms. The minimum Gasteiger partial charge on any atom is -0.496 e. The first-order valence-electron chi connectivity index (χ1n) is 9.81. The molecule has 0 saturated carbocycles. The number of carbonyl (C=O) groups is 1. The van der Waals surface area contributed by atoms with Crippen LogP contribution in [-0.2, 0) is 14.8 Å². The molecule has 1 amide bonds. The second-order valence-corrected chi connectivity index (χ2v) is 8.99. The highest BCUT2D eigenvalue weighted by Gasteiger charge is 2.24. The molecule has 0 heterocycles. The number of anilines is 1.